The third-order valence-electron chi connectivity index (χ3n) is 2.58. The maximum absolute atomic E-state index is 12.0. The van der Waals surface area contributed by atoms with Crippen LogP contribution in [0.2, 0.25) is 0 Å². The molecule has 0 aromatic heterocycles. The summed E-state index contributed by atoms with van der Waals surface area (Å²) in [6.45, 7) is 3.90. The van der Waals surface area contributed by atoms with Gasteiger partial charge in [-0.05, 0) is 18.4 Å². The second-order valence-corrected chi connectivity index (χ2v) is 4.63. The first-order valence-electron chi connectivity index (χ1n) is 5.66. The Hall–Kier alpha value is -1.95. The first kappa shape index (κ1) is 14.1. The first-order chi connectivity index (χ1) is 8.32. The van der Waals surface area contributed by atoms with E-state index < -0.39 is 11.0 Å². The summed E-state index contributed by atoms with van der Waals surface area (Å²) in [5.41, 5.74) is 11.6. The first-order valence-corrected chi connectivity index (χ1v) is 5.66. The molecule has 0 heterocycles. The summed E-state index contributed by atoms with van der Waals surface area (Å²) < 4.78 is 0. The molecule has 6 nitrogen and oxygen atoms in total. The van der Waals surface area contributed by atoms with Crippen LogP contribution in [0.3, 0.4) is 0 Å². The molecule has 0 spiro atoms. The van der Waals surface area contributed by atoms with Gasteiger partial charge in [0.15, 0.2) is 5.78 Å². The van der Waals surface area contributed by atoms with Crippen LogP contribution in [0, 0.1) is 16.0 Å². The predicted octanol–water partition coefficient (Wildman–Crippen LogP) is 1.73. The highest BCUT2D eigenvalue weighted by Crippen LogP contribution is 2.21. The van der Waals surface area contributed by atoms with Crippen molar-refractivity contribution in [2.45, 2.75) is 26.3 Å². The number of rotatable bonds is 5. The minimum atomic E-state index is -0.686. The van der Waals surface area contributed by atoms with E-state index in [0.29, 0.717) is 6.42 Å². The Bertz CT molecular complexity index is 472. The average Bonchev–Trinajstić information content (AvgIpc) is 2.27. The third kappa shape index (κ3) is 3.27. The summed E-state index contributed by atoms with van der Waals surface area (Å²) in [7, 11) is 0. The summed E-state index contributed by atoms with van der Waals surface area (Å²) >= 11 is 0. The van der Waals surface area contributed by atoms with Crippen LogP contribution in [-0.2, 0) is 0 Å². The molecule has 1 atom stereocenters. The SMILES string of the molecule is CC(C)C[C@H](N)C(=O)c1cc([N+](=O)[O-])ccc1N. The molecule has 0 saturated heterocycles. The number of ketones is 1. The summed E-state index contributed by atoms with van der Waals surface area (Å²) in [5.74, 6) is -0.0891. The van der Waals surface area contributed by atoms with Crippen molar-refractivity contribution in [1.82, 2.24) is 0 Å². The topological polar surface area (TPSA) is 112 Å². The zero-order valence-corrected chi connectivity index (χ0v) is 10.4. The lowest BCUT2D eigenvalue weighted by Gasteiger charge is -2.14. The van der Waals surface area contributed by atoms with E-state index in [4.69, 9.17) is 11.5 Å². The Morgan fingerprint density at radius 2 is 2.06 bits per heavy atom. The molecule has 0 saturated carbocycles. The van der Waals surface area contributed by atoms with Crippen LogP contribution in [0.25, 0.3) is 0 Å². The normalized spacial score (nSPS) is 12.4. The van der Waals surface area contributed by atoms with E-state index in [-0.39, 0.29) is 28.6 Å². The van der Waals surface area contributed by atoms with Crippen LogP contribution in [-0.4, -0.2) is 16.7 Å². The average molecular weight is 251 g/mol. The van der Waals surface area contributed by atoms with Gasteiger partial charge in [0.05, 0.1) is 11.0 Å². The molecule has 1 rings (SSSR count). The molecule has 0 bridgehead atoms. The summed E-state index contributed by atoms with van der Waals surface area (Å²) in [6, 6.07) is 3.11. The number of Topliss-reactive ketones (excluding diaryl/α,β-unsaturated/α-hetero) is 1. The number of anilines is 1. The Kier molecular flexibility index (Phi) is 4.38. The van der Waals surface area contributed by atoms with Crippen LogP contribution in [0.1, 0.15) is 30.6 Å². The molecule has 0 aliphatic rings. The van der Waals surface area contributed by atoms with Gasteiger partial charge in [-0.25, -0.2) is 0 Å². The zero-order valence-electron chi connectivity index (χ0n) is 10.4. The molecule has 0 amide bonds. The summed E-state index contributed by atoms with van der Waals surface area (Å²) in [4.78, 5) is 22.1. The number of nitrogens with two attached hydrogens (primary N) is 2. The van der Waals surface area contributed by atoms with Crippen molar-refractivity contribution in [1.29, 1.82) is 0 Å². The van der Waals surface area contributed by atoms with Gasteiger partial charge in [-0.2, -0.15) is 0 Å². The monoisotopic (exact) mass is 251 g/mol. The standard InChI is InChI=1S/C12H17N3O3/c1-7(2)5-11(14)12(16)9-6-8(15(17)18)3-4-10(9)13/h3-4,6-7,11H,5,13-14H2,1-2H3/t11-/m0/s1. The second kappa shape index (κ2) is 5.59. The van der Waals surface area contributed by atoms with Crippen molar-refractivity contribution in [3.8, 4) is 0 Å². The van der Waals surface area contributed by atoms with Crippen LogP contribution >= 0.6 is 0 Å². The highest BCUT2D eigenvalue weighted by molar-refractivity contribution is 6.04. The molecular weight excluding hydrogens is 234 g/mol. The van der Waals surface area contributed by atoms with Gasteiger partial charge in [0, 0.05) is 23.4 Å². The minimum absolute atomic E-state index is 0.123. The number of hydrogen-bond acceptors (Lipinski definition) is 5. The van der Waals surface area contributed by atoms with Crippen LogP contribution in [0.5, 0.6) is 0 Å². The highest BCUT2D eigenvalue weighted by Gasteiger charge is 2.21. The molecule has 6 heteroatoms. The van der Waals surface area contributed by atoms with Crippen LogP contribution in [0.15, 0.2) is 18.2 Å². The lowest BCUT2D eigenvalue weighted by atomic mass is 9.95. The smallest absolute Gasteiger partial charge is 0.270 e. The number of benzene rings is 1. The van der Waals surface area contributed by atoms with Crippen LogP contribution in [0.4, 0.5) is 11.4 Å². The van der Waals surface area contributed by atoms with Gasteiger partial charge >= 0.3 is 0 Å². The van der Waals surface area contributed by atoms with Gasteiger partial charge in [-0.1, -0.05) is 13.8 Å². The largest absolute Gasteiger partial charge is 0.398 e. The van der Waals surface area contributed by atoms with Gasteiger partial charge in [-0.15, -0.1) is 0 Å². The Morgan fingerprint density at radius 3 is 2.56 bits per heavy atom. The fraction of sp³-hybridized carbons (Fsp3) is 0.417. The summed E-state index contributed by atoms with van der Waals surface area (Å²) in [5, 5.41) is 10.7. The van der Waals surface area contributed by atoms with Crippen molar-refractivity contribution in [2.75, 3.05) is 5.73 Å². The van der Waals surface area contributed by atoms with Crippen molar-refractivity contribution in [2.24, 2.45) is 11.7 Å². The molecule has 1 aromatic carbocycles. The third-order valence-corrected chi connectivity index (χ3v) is 2.58. The molecule has 18 heavy (non-hydrogen) atoms. The molecule has 0 unspecified atom stereocenters. The number of non-ortho nitro benzene ring substituents is 1. The molecule has 0 radical (unpaired) electrons. The number of nitro groups is 1. The second-order valence-electron chi connectivity index (χ2n) is 4.63. The number of nitro benzene ring substituents is 1. The molecule has 0 fully saturated rings. The number of carbonyl (C=O) groups excluding carboxylic acids is 1. The Balaban J connectivity index is 3.04. The Morgan fingerprint density at radius 1 is 1.44 bits per heavy atom. The fourth-order valence-corrected chi connectivity index (χ4v) is 1.69. The maximum atomic E-state index is 12.0. The van der Waals surface area contributed by atoms with Gasteiger partial charge in [-0.3, -0.25) is 14.9 Å². The van der Waals surface area contributed by atoms with E-state index in [2.05, 4.69) is 0 Å². The molecule has 1 aromatic rings. The Labute approximate surface area is 105 Å². The zero-order chi connectivity index (χ0) is 13.9. The molecular formula is C12H17N3O3. The molecule has 0 aliphatic carbocycles. The van der Waals surface area contributed by atoms with Gasteiger partial charge in [0.25, 0.3) is 5.69 Å². The number of nitrogens with zero attached hydrogens (tertiary/aromatic N) is 1. The predicted molar refractivity (Wildman–Crippen MR) is 69.3 cm³/mol. The lowest BCUT2D eigenvalue weighted by Crippen LogP contribution is -2.32. The van der Waals surface area contributed by atoms with Crippen molar-refractivity contribution in [3.05, 3.63) is 33.9 Å². The van der Waals surface area contributed by atoms with Gasteiger partial charge < -0.3 is 11.5 Å². The van der Waals surface area contributed by atoms with Crippen molar-refractivity contribution in [3.63, 3.8) is 0 Å². The maximum Gasteiger partial charge on any atom is 0.270 e. The summed E-state index contributed by atoms with van der Waals surface area (Å²) in [6.07, 6.45) is 0.515. The van der Waals surface area contributed by atoms with Gasteiger partial charge in [0.2, 0.25) is 0 Å². The number of hydrogen-bond donors (Lipinski definition) is 2. The van der Waals surface area contributed by atoms with Crippen molar-refractivity contribution < 1.29 is 9.72 Å². The van der Waals surface area contributed by atoms with Gasteiger partial charge in [0.1, 0.15) is 0 Å². The van der Waals surface area contributed by atoms with E-state index in [9.17, 15) is 14.9 Å². The van der Waals surface area contributed by atoms with E-state index >= 15 is 0 Å². The molecule has 0 aliphatic heterocycles. The number of nitrogen functional groups attached to an aromatic ring is 1. The quantitative estimate of drug-likeness (QED) is 0.358. The molecule has 98 valence electrons. The van der Waals surface area contributed by atoms with E-state index in [1.54, 1.807) is 0 Å². The van der Waals surface area contributed by atoms with E-state index in [1.807, 2.05) is 13.8 Å². The van der Waals surface area contributed by atoms with E-state index in [0.717, 1.165) is 0 Å². The highest BCUT2D eigenvalue weighted by atomic mass is 16.6. The number of carbonyl (C=O) groups is 1. The van der Waals surface area contributed by atoms with Crippen molar-refractivity contribution >= 4 is 17.2 Å². The minimum Gasteiger partial charge on any atom is -0.398 e. The van der Waals surface area contributed by atoms with E-state index in [1.165, 1.54) is 18.2 Å². The fourth-order valence-electron chi connectivity index (χ4n) is 1.69. The molecule has 4 N–H and O–H groups in total. The lowest BCUT2D eigenvalue weighted by molar-refractivity contribution is -0.384. The van der Waals surface area contributed by atoms with Crippen LogP contribution < -0.4 is 11.5 Å².